The highest BCUT2D eigenvalue weighted by atomic mass is 16.4. The van der Waals surface area contributed by atoms with E-state index in [0.717, 1.165) is 54.7 Å². The number of fused-ring (bicyclic) bond motifs is 1. The molecule has 0 spiro atoms. The van der Waals surface area contributed by atoms with Crippen molar-refractivity contribution in [2.75, 3.05) is 5.73 Å². The van der Waals surface area contributed by atoms with Crippen LogP contribution in [0.25, 0.3) is 16.8 Å². The number of carbonyl (C=O) groups is 1. The van der Waals surface area contributed by atoms with Crippen molar-refractivity contribution in [2.24, 2.45) is 5.92 Å². The van der Waals surface area contributed by atoms with Crippen LogP contribution in [-0.2, 0) is 11.3 Å². The zero-order valence-electron chi connectivity index (χ0n) is 15.4. The number of anilines is 1. The molecule has 3 N–H and O–H groups in total. The molecule has 3 heterocycles. The number of aliphatic carboxylic acids is 1. The summed E-state index contributed by atoms with van der Waals surface area (Å²) in [4.78, 5) is 15.8. The summed E-state index contributed by atoms with van der Waals surface area (Å²) in [5, 5.41) is 17.7. The van der Waals surface area contributed by atoms with Gasteiger partial charge < -0.3 is 10.8 Å². The van der Waals surface area contributed by atoms with Crippen LogP contribution in [0.5, 0.6) is 0 Å². The lowest BCUT2D eigenvalue weighted by atomic mass is 9.79. The minimum absolute atomic E-state index is 0.259. The van der Waals surface area contributed by atoms with E-state index in [1.165, 1.54) is 0 Å². The Kier molecular flexibility index (Phi) is 4.55. The van der Waals surface area contributed by atoms with E-state index in [4.69, 9.17) is 15.8 Å². The molecule has 0 saturated heterocycles. The van der Waals surface area contributed by atoms with Crippen LogP contribution in [0, 0.1) is 5.92 Å². The first-order valence-corrected chi connectivity index (χ1v) is 9.44. The lowest BCUT2D eigenvalue weighted by Gasteiger charge is -2.27. The van der Waals surface area contributed by atoms with Crippen molar-refractivity contribution in [3.05, 3.63) is 30.4 Å². The molecule has 1 fully saturated rings. The van der Waals surface area contributed by atoms with Crippen LogP contribution in [0.1, 0.15) is 50.6 Å². The summed E-state index contributed by atoms with van der Waals surface area (Å²) in [6, 6.07) is 1.90. The standard InChI is InChI=1S/C19H24N6O2/c1-2-24-11-14(9-21-24)15-10-22-25-17(20)8-16(23-19(15)25)13-5-3-12(4-6-13)7-18(26)27/h8-13H,2-7,20H2,1H3,(H,26,27). The predicted molar refractivity (Wildman–Crippen MR) is 101 cm³/mol. The van der Waals surface area contributed by atoms with E-state index in [0.29, 0.717) is 11.7 Å². The molecule has 1 aliphatic rings. The third-order valence-corrected chi connectivity index (χ3v) is 5.52. The van der Waals surface area contributed by atoms with Gasteiger partial charge in [-0.1, -0.05) is 0 Å². The summed E-state index contributed by atoms with van der Waals surface area (Å²) >= 11 is 0. The zero-order chi connectivity index (χ0) is 19.0. The molecule has 3 aromatic rings. The van der Waals surface area contributed by atoms with Crippen molar-refractivity contribution in [3.63, 3.8) is 0 Å². The third-order valence-electron chi connectivity index (χ3n) is 5.52. The number of aryl methyl sites for hydroxylation is 1. The Hall–Kier alpha value is -2.90. The molecule has 3 aromatic heterocycles. The fourth-order valence-corrected chi connectivity index (χ4v) is 4.00. The van der Waals surface area contributed by atoms with Crippen molar-refractivity contribution in [1.29, 1.82) is 0 Å². The molecule has 0 aromatic carbocycles. The lowest BCUT2D eigenvalue weighted by Crippen LogP contribution is -2.17. The van der Waals surface area contributed by atoms with Crippen molar-refractivity contribution >= 4 is 17.4 Å². The molecule has 0 radical (unpaired) electrons. The molecular formula is C19H24N6O2. The van der Waals surface area contributed by atoms with Gasteiger partial charge in [-0.3, -0.25) is 9.48 Å². The fraction of sp³-hybridized carbons (Fsp3) is 0.474. The maximum absolute atomic E-state index is 10.9. The minimum Gasteiger partial charge on any atom is -0.481 e. The average Bonchev–Trinajstić information content (AvgIpc) is 3.28. The highest BCUT2D eigenvalue weighted by molar-refractivity contribution is 5.77. The normalized spacial score (nSPS) is 20.2. The predicted octanol–water partition coefficient (Wildman–Crippen LogP) is 2.94. The second kappa shape index (κ2) is 7.02. The van der Waals surface area contributed by atoms with E-state index in [9.17, 15) is 4.79 Å². The van der Waals surface area contributed by atoms with Crippen LogP contribution in [0.3, 0.4) is 0 Å². The molecule has 8 nitrogen and oxygen atoms in total. The summed E-state index contributed by atoms with van der Waals surface area (Å²) in [7, 11) is 0. The van der Waals surface area contributed by atoms with E-state index in [1.807, 2.05) is 30.1 Å². The molecule has 1 saturated carbocycles. The Morgan fingerprint density at radius 3 is 2.70 bits per heavy atom. The number of nitrogen functional groups attached to an aromatic ring is 1. The second-order valence-corrected chi connectivity index (χ2v) is 7.30. The second-order valence-electron chi connectivity index (χ2n) is 7.30. The first-order chi connectivity index (χ1) is 13.0. The van der Waals surface area contributed by atoms with E-state index in [2.05, 4.69) is 10.2 Å². The van der Waals surface area contributed by atoms with E-state index in [1.54, 1.807) is 10.7 Å². The van der Waals surface area contributed by atoms with Gasteiger partial charge in [-0.2, -0.15) is 14.7 Å². The smallest absolute Gasteiger partial charge is 0.303 e. The van der Waals surface area contributed by atoms with Crippen LogP contribution in [-0.4, -0.2) is 35.5 Å². The number of aromatic nitrogens is 5. The van der Waals surface area contributed by atoms with E-state index in [-0.39, 0.29) is 12.3 Å². The van der Waals surface area contributed by atoms with Gasteiger partial charge in [-0.05, 0) is 38.5 Å². The van der Waals surface area contributed by atoms with Gasteiger partial charge in [0.15, 0.2) is 5.65 Å². The number of nitrogens with two attached hydrogens (primary N) is 1. The van der Waals surface area contributed by atoms with Gasteiger partial charge in [-0.15, -0.1) is 0 Å². The summed E-state index contributed by atoms with van der Waals surface area (Å²) in [5.74, 6) is 0.434. The largest absolute Gasteiger partial charge is 0.481 e. The van der Waals surface area contributed by atoms with Gasteiger partial charge in [0.05, 0.1) is 12.4 Å². The number of nitrogens with zero attached hydrogens (tertiary/aromatic N) is 5. The van der Waals surface area contributed by atoms with E-state index < -0.39 is 5.97 Å². The van der Waals surface area contributed by atoms with Crippen LogP contribution >= 0.6 is 0 Å². The summed E-state index contributed by atoms with van der Waals surface area (Å²) in [5.41, 5.74) is 9.85. The average molecular weight is 368 g/mol. The van der Waals surface area contributed by atoms with E-state index >= 15 is 0 Å². The van der Waals surface area contributed by atoms with Crippen molar-refractivity contribution in [1.82, 2.24) is 24.4 Å². The first-order valence-electron chi connectivity index (χ1n) is 9.44. The Morgan fingerprint density at radius 2 is 2.04 bits per heavy atom. The van der Waals surface area contributed by atoms with Gasteiger partial charge in [0.25, 0.3) is 0 Å². The quantitative estimate of drug-likeness (QED) is 0.716. The Labute approximate surface area is 157 Å². The molecule has 27 heavy (non-hydrogen) atoms. The maximum Gasteiger partial charge on any atom is 0.303 e. The van der Waals surface area contributed by atoms with Gasteiger partial charge in [0.2, 0.25) is 0 Å². The molecule has 1 aliphatic carbocycles. The molecular weight excluding hydrogens is 344 g/mol. The summed E-state index contributed by atoms with van der Waals surface area (Å²) in [6.07, 6.45) is 9.56. The summed E-state index contributed by atoms with van der Waals surface area (Å²) < 4.78 is 3.54. The Balaban J connectivity index is 1.63. The van der Waals surface area contributed by atoms with Crippen LogP contribution < -0.4 is 5.73 Å². The lowest BCUT2D eigenvalue weighted by molar-refractivity contribution is -0.138. The van der Waals surface area contributed by atoms with Crippen LogP contribution in [0.4, 0.5) is 5.82 Å². The molecule has 0 aliphatic heterocycles. The SMILES string of the molecule is CCn1cc(-c2cnn3c(N)cc(C4CCC(CC(=O)O)CC4)nc23)cn1. The molecule has 4 rings (SSSR count). The number of carboxylic acids is 1. The molecule has 0 bridgehead atoms. The Morgan fingerprint density at radius 1 is 1.26 bits per heavy atom. The maximum atomic E-state index is 10.9. The first kappa shape index (κ1) is 17.5. The topological polar surface area (TPSA) is 111 Å². The van der Waals surface area contributed by atoms with Gasteiger partial charge >= 0.3 is 5.97 Å². The highest BCUT2D eigenvalue weighted by Crippen LogP contribution is 2.37. The number of carboxylic acid groups (broad SMARTS) is 1. The fourth-order valence-electron chi connectivity index (χ4n) is 4.00. The minimum atomic E-state index is -0.709. The van der Waals surface area contributed by atoms with Crippen molar-refractivity contribution in [2.45, 2.75) is 51.5 Å². The third kappa shape index (κ3) is 3.39. The molecule has 0 amide bonds. The van der Waals surface area contributed by atoms with Gasteiger partial charge in [0.1, 0.15) is 5.82 Å². The highest BCUT2D eigenvalue weighted by Gasteiger charge is 2.26. The van der Waals surface area contributed by atoms with Crippen molar-refractivity contribution in [3.8, 4) is 11.1 Å². The van der Waals surface area contributed by atoms with Crippen LogP contribution in [0.2, 0.25) is 0 Å². The van der Waals surface area contributed by atoms with Crippen LogP contribution in [0.15, 0.2) is 24.7 Å². The number of hydrogen-bond acceptors (Lipinski definition) is 5. The van der Waals surface area contributed by atoms with Gasteiger partial charge in [0, 0.05) is 48.0 Å². The monoisotopic (exact) mass is 368 g/mol. The molecule has 0 unspecified atom stereocenters. The number of rotatable bonds is 5. The Bertz CT molecular complexity index is 968. The number of hydrogen-bond donors (Lipinski definition) is 2. The zero-order valence-corrected chi connectivity index (χ0v) is 15.4. The van der Waals surface area contributed by atoms with Gasteiger partial charge in [-0.25, -0.2) is 4.98 Å². The molecule has 8 heteroatoms. The molecule has 0 atom stereocenters. The summed E-state index contributed by atoms with van der Waals surface area (Å²) in [6.45, 7) is 2.85. The molecule has 142 valence electrons. The van der Waals surface area contributed by atoms with Crippen molar-refractivity contribution < 1.29 is 9.90 Å².